The lowest BCUT2D eigenvalue weighted by molar-refractivity contribution is 0.354. The van der Waals surface area contributed by atoms with E-state index in [4.69, 9.17) is 0 Å². The summed E-state index contributed by atoms with van der Waals surface area (Å²) in [5.74, 6) is 1.25. The van der Waals surface area contributed by atoms with Crippen LogP contribution in [0.4, 0.5) is 0 Å². The van der Waals surface area contributed by atoms with Gasteiger partial charge in [-0.05, 0) is 26.0 Å². The predicted molar refractivity (Wildman–Crippen MR) is 57.9 cm³/mol. The molecule has 0 saturated heterocycles. The normalized spacial score (nSPS) is 22.5. The second kappa shape index (κ2) is 5.87. The first-order valence-electron chi connectivity index (χ1n) is 5.08. The van der Waals surface area contributed by atoms with Gasteiger partial charge in [-0.2, -0.15) is 11.8 Å². The standard InChI is InChI=1S/C10H21NS/c1-9(8-12-2)11-10-6-4-3-5-7-10/h9-11H,3-8H2,1-2H3. The van der Waals surface area contributed by atoms with E-state index in [0.717, 1.165) is 6.04 Å². The Morgan fingerprint density at radius 1 is 1.33 bits per heavy atom. The molecule has 1 N–H and O–H groups in total. The Kier molecular flexibility index (Phi) is 5.08. The molecule has 0 aromatic rings. The Labute approximate surface area is 80.7 Å². The van der Waals surface area contributed by atoms with Crippen LogP contribution < -0.4 is 5.32 Å². The molecule has 1 nitrogen and oxygen atoms in total. The monoisotopic (exact) mass is 187 g/mol. The molecule has 1 saturated carbocycles. The Balaban J connectivity index is 2.11. The molecule has 12 heavy (non-hydrogen) atoms. The third kappa shape index (κ3) is 3.81. The molecule has 1 fully saturated rings. The number of hydrogen-bond donors (Lipinski definition) is 1. The molecule has 0 aliphatic heterocycles. The van der Waals surface area contributed by atoms with Gasteiger partial charge in [-0.3, -0.25) is 0 Å². The first kappa shape index (κ1) is 10.4. The van der Waals surface area contributed by atoms with Crippen molar-refractivity contribution in [1.29, 1.82) is 0 Å². The van der Waals surface area contributed by atoms with Crippen LogP contribution in [0.5, 0.6) is 0 Å². The number of thioether (sulfide) groups is 1. The van der Waals surface area contributed by atoms with Crippen molar-refractivity contribution in [1.82, 2.24) is 5.32 Å². The molecule has 0 aromatic carbocycles. The third-order valence-corrected chi connectivity index (χ3v) is 3.38. The van der Waals surface area contributed by atoms with Crippen molar-refractivity contribution < 1.29 is 0 Å². The van der Waals surface area contributed by atoms with Crippen LogP contribution in [0.25, 0.3) is 0 Å². The summed E-state index contributed by atoms with van der Waals surface area (Å²) in [5.41, 5.74) is 0. The van der Waals surface area contributed by atoms with Crippen molar-refractivity contribution in [3.8, 4) is 0 Å². The van der Waals surface area contributed by atoms with Gasteiger partial charge in [0.25, 0.3) is 0 Å². The molecule has 1 atom stereocenters. The van der Waals surface area contributed by atoms with Crippen molar-refractivity contribution in [2.75, 3.05) is 12.0 Å². The van der Waals surface area contributed by atoms with E-state index in [-0.39, 0.29) is 0 Å². The van der Waals surface area contributed by atoms with Crippen LogP contribution in [0.15, 0.2) is 0 Å². The topological polar surface area (TPSA) is 12.0 Å². The Morgan fingerprint density at radius 3 is 2.58 bits per heavy atom. The Bertz CT molecular complexity index is 110. The van der Waals surface area contributed by atoms with Crippen molar-refractivity contribution in [2.45, 2.75) is 51.1 Å². The summed E-state index contributed by atoms with van der Waals surface area (Å²) in [6.45, 7) is 2.30. The first-order chi connectivity index (χ1) is 5.83. The second-order valence-electron chi connectivity index (χ2n) is 3.86. The highest BCUT2D eigenvalue weighted by Gasteiger charge is 2.14. The molecule has 0 amide bonds. The minimum Gasteiger partial charge on any atom is -0.311 e. The van der Waals surface area contributed by atoms with E-state index in [1.807, 2.05) is 11.8 Å². The van der Waals surface area contributed by atoms with Crippen LogP contribution in [0.2, 0.25) is 0 Å². The molecule has 0 radical (unpaired) electrons. The summed E-state index contributed by atoms with van der Waals surface area (Å²) >= 11 is 1.94. The average molecular weight is 187 g/mol. The van der Waals surface area contributed by atoms with Gasteiger partial charge in [0, 0.05) is 17.8 Å². The summed E-state index contributed by atoms with van der Waals surface area (Å²) in [4.78, 5) is 0. The van der Waals surface area contributed by atoms with Crippen molar-refractivity contribution in [3.63, 3.8) is 0 Å². The fourth-order valence-electron chi connectivity index (χ4n) is 1.97. The van der Waals surface area contributed by atoms with Crippen LogP contribution in [-0.4, -0.2) is 24.1 Å². The van der Waals surface area contributed by atoms with Crippen LogP contribution >= 0.6 is 11.8 Å². The Morgan fingerprint density at radius 2 is 2.00 bits per heavy atom. The lowest BCUT2D eigenvalue weighted by Crippen LogP contribution is -2.39. The minimum atomic E-state index is 0.697. The van der Waals surface area contributed by atoms with Crippen molar-refractivity contribution in [3.05, 3.63) is 0 Å². The number of rotatable bonds is 4. The van der Waals surface area contributed by atoms with Gasteiger partial charge in [0.15, 0.2) is 0 Å². The maximum Gasteiger partial charge on any atom is 0.0132 e. The smallest absolute Gasteiger partial charge is 0.0132 e. The zero-order valence-electron chi connectivity index (χ0n) is 8.31. The summed E-state index contributed by atoms with van der Waals surface area (Å²) < 4.78 is 0. The highest BCUT2D eigenvalue weighted by Crippen LogP contribution is 2.18. The molecular formula is C10H21NS. The van der Waals surface area contributed by atoms with Gasteiger partial charge in [0.1, 0.15) is 0 Å². The molecule has 1 unspecified atom stereocenters. The quantitative estimate of drug-likeness (QED) is 0.726. The van der Waals surface area contributed by atoms with E-state index in [9.17, 15) is 0 Å². The molecule has 1 aliphatic carbocycles. The molecule has 1 rings (SSSR count). The number of hydrogen-bond acceptors (Lipinski definition) is 2. The van der Waals surface area contributed by atoms with Gasteiger partial charge in [0.05, 0.1) is 0 Å². The zero-order valence-corrected chi connectivity index (χ0v) is 9.12. The summed E-state index contributed by atoms with van der Waals surface area (Å²) in [6, 6.07) is 1.52. The highest BCUT2D eigenvalue weighted by molar-refractivity contribution is 7.98. The summed E-state index contributed by atoms with van der Waals surface area (Å²) in [6.07, 6.45) is 9.30. The molecule has 0 spiro atoms. The average Bonchev–Trinajstić information content (AvgIpc) is 2.06. The van der Waals surface area contributed by atoms with Gasteiger partial charge < -0.3 is 5.32 Å². The fourth-order valence-corrected chi connectivity index (χ4v) is 2.57. The zero-order chi connectivity index (χ0) is 8.81. The summed E-state index contributed by atoms with van der Waals surface area (Å²) in [5, 5.41) is 3.70. The highest BCUT2D eigenvalue weighted by atomic mass is 32.2. The second-order valence-corrected chi connectivity index (χ2v) is 4.77. The molecule has 72 valence electrons. The molecular weight excluding hydrogens is 166 g/mol. The fraction of sp³-hybridized carbons (Fsp3) is 1.00. The van der Waals surface area contributed by atoms with Gasteiger partial charge in [-0.15, -0.1) is 0 Å². The number of nitrogens with one attached hydrogen (secondary N) is 1. The largest absolute Gasteiger partial charge is 0.311 e. The molecule has 0 bridgehead atoms. The van der Waals surface area contributed by atoms with E-state index >= 15 is 0 Å². The van der Waals surface area contributed by atoms with Gasteiger partial charge in [-0.25, -0.2) is 0 Å². The minimum absolute atomic E-state index is 0.697. The van der Waals surface area contributed by atoms with Crippen molar-refractivity contribution >= 4 is 11.8 Å². The van der Waals surface area contributed by atoms with Crippen LogP contribution in [0, 0.1) is 0 Å². The van der Waals surface area contributed by atoms with E-state index in [2.05, 4.69) is 18.5 Å². The SMILES string of the molecule is CSCC(C)NC1CCCCC1. The lowest BCUT2D eigenvalue weighted by atomic mass is 9.95. The van der Waals surface area contributed by atoms with E-state index < -0.39 is 0 Å². The maximum absolute atomic E-state index is 3.70. The lowest BCUT2D eigenvalue weighted by Gasteiger charge is -2.26. The van der Waals surface area contributed by atoms with Gasteiger partial charge in [-0.1, -0.05) is 19.3 Å². The van der Waals surface area contributed by atoms with Crippen LogP contribution in [0.1, 0.15) is 39.0 Å². The Hall–Kier alpha value is 0.310. The van der Waals surface area contributed by atoms with Gasteiger partial charge in [0.2, 0.25) is 0 Å². The molecule has 2 heteroatoms. The van der Waals surface area contributed by atoms with E-state index in [0.29, 0.717) is 6.04 Å². The maximum atomic E-state index is 3.70. The predicted octanol–water partition coefficient (Wildman–Crippen LogP) is 2.66. The van der Waals surface area contributed by atoms with Crippen LogP contribution in [-0.2, 0) is 0 Å². The van der Waals surface area contributed by atoms with Crippen molar-refractivity contribution in [2.24, 2.45) is 0 Å². The van der Waals surface area contributed by atoms with E-state index in [1.165, 1.54) is 37.9 Å². The van der Waals surface area contributed by atoms with Crippen LogP contribution in [0.3, 0.4) is 0 Å². The molecule has 0 aromatic heterocycles. The van der Waals surface area contributed by atoms with E-state index in [1.54, 1.807) is 0 Å². The third-order valence-electron chi connectivity index (χ3n) is 2.54. The molecule has 0 heterocycles. The first-order valence-corrected chi connectivity index (χ1v) is 6.47. The molecule has 1 aliphatic rings. The summed E-state index contributed by atoms with van der Waals surface area (Å²) in [7, 11) is 0. The van der Waals surface area contributed by atoms with Gasteiger partial charge >= 0.3 is 0 Å².